The summed E-state index contributed by atoms with van der Waals surface area (Å²) in [5, 5.41) is 8.16. The van der Waals surface area contributed by atoms with Crippen LogP contribution < -0.4 is 0 Å². The van der Waals surface area contributed by atoms with Gasteiger partial charge >= 0.3 is 0 Å². The van der Waals surface area contributed by atoms with E-state index in [0.29, 0.717) is 12.0 Å². The standard InChI is InChI=1S/C8H14BrN3/c1-5(2)7-8(9)12(6(3)4)11-10-7/h5-6H,1-4H3. The van der Waals surface area contributed by atoms with Crippen LogP contribution in [0.5, 0.6) is 0 Å². The molecule has 0 spiro atoms. The molecule has 0 aliphatic rings. The van der Waals surface area contributed by atoms with E-state index in [9.17, 15) is 0 Å². The molecule has 1 aromatic heterocycles. The van der Waals surface area contributed by atoms with Crippen molar-refractivity contribution < 1.29 is 0 Å². The quantitative estimate of drug-likeness (QED) is 0.784. The Morgan fingerprint density at radius 1 is 1.25 bits per heavy atom. The maximum Gasteiger partial charge on any atom is 0.128 e. The van der Waals surface area contributed by atoms with Gasteiger partial charge in [-0.1, -0.05) is 19.1 Å². The second-order valence-electron chi connectivity index (χ2n) is 3.46. The van der Waals surface area contributed by atoms with Crippen LogP contribution in [0, 0.1) is 0 Å². The topological polar surface area (TPSA) is 30.7 Å². The fraction of sp³-hybridized carbons (Fsp3) is 0.750. The van der Waals surface area contributed by atoms with Crippen molar-refractivity contribution in [1.82, 2.24) is 15.0 Å². The van der Waals surface area contributed by atoms with Gasteiger partial charge in [-0.15, -0.1) is 5.10 Å². The first-order valence-corrected chi connectivity index (χ1v) is 4.94. The van der Waals surface area contributed by atoms with Gasteiger partial charge in [-0.3, -0.25) is 0 Å². The average molecular weight is 232 g/mol. The van der Waals surface area contributed by atoms with E-state index in [2.05, 4.69) is 53.9 Å². The van der Waals surface area contributed by atoms with Gasteiger partial charge in [0.05, 0.1) is 5.69 Å². The van der Waals surface area contributed by atoms with Gasteiger partial charge in [0.1, 0.15) is 4.60 Å². The van der Waals surface area contributed by atoms with Crippen LogP contribution in [0.1, 0.15) is 45.3 Å². The molecule has 0 N–H and O–H groups in total. The summed E-state index contributed by atoms with van der Waals surface area (Å²) >= 11 is 3.49. The van der Waals surface area contributed by atoms with Crippen molar-refractivity contribution in [2.24, 2.45) is 0 Å². The van der Waals surface area contributed by atoms with Crippen LogP contribution in [-0.2, 0) is 0 Å². The predicted octanol–water partition coefficient (Wildman–Crippen LogP) is 2.74. The lowest BCUT2D eigenvalue weighted by molar-refractivity contribution is 0.505. The Morgan fingerprint density at radius 2 is 1.83 bits per heavy atom. The minimum atomic E-state index is 0.361. The number of rotatable bonds is 2. The van der Waals surface area contributed by atoms with Crippen LogP contribution in [0.15, 0.2) is 4.60 Å². The fourth-order valence-corrected chi connectivity index (χ4v) is 2.00. The highest BCUT2D eigenvalue weighted by atomic mass is 79.9. The van der Waals surface area contributed by atoms with E-state index in [-0.39, 0.29) is 0 Å². The Hall–Kier alpha value is -0.380. The Bertz CT molecular complexity index is 240. The molecule has 0 unspecified atom stereocenters. The minimum Gasteiger partial charge on any atom is -0.235 e. The maximum atomic E-state index is 4.10. The molecule has 68 valence electrons. The molecule has 1 heterocycles. The van der Waals surface area contributed by atoms with E-state index in [1.807, 2.05) is 4.68 Å². The molecule has 12 heavy (non-hydrogen) atoms. The summed E-state index contributed by atoms with van der Waals surface area (Å²) in [5.41, 5.74) is 1.03. The molecule has 0 aliphatic heterocycles. The first-order chi connectivity index (χ1) is 5.54. The summed E-state index contributed by atoms with van der Waals surface area (Å²) in [6, 6.07) is 0.361. The molecular weight excluding hydrogens is 218 g/mol. The molecule has 0 radical (unpaired) electrons. The minimum absolute atomic E-state index is 0.361. The van der Waals surface area contributed by atoms with Crippen molar-refractivity contribution in [1.29, 1.82) is 0 Å². The number of hydrogen-bond donors (Lipinski definition) is 0. The second-order valence-corrected chi connectivity index (χ2v) is 4.21. The third-order valence-corrected chi connectivity index (χ3v) is 2.47. The Kier molecular flexibility index (Phi) is 2.88. The van der Waals surface area contributed by atoms with Gasteiger partial charge < -0.3 is 0 Å². The Balaban J connectivity index is 3.04. The molecule has 0 aromatic carbocycles. The summed E-state index contributed by atoms with van der Waals surface area (Å²) in [6.45, 7) is 8.39. The smallest absolute Gasteiger partial charge is 0.128 e. The summed E-state index contributed by atoms with van der Waals surface area (Å²) in [7, 11) is 0. The van der Waals surface area contributed by atoms with Crippen molar-refractivity contribution in [2.45, 2.75) is 39.7 Å². The number of halogens is 1. The lowest BCUT2D eigenvalue weighted by Crippen LogP contribution is -2.03. The highest BCUT2D eigenvalue weighted by Gasteiger charge is 2.14. The first-order valence-electron chi connectivity index (χ1n) is 4.14. The average Bonchev–Trinajstić information content (AvgIpc) is 2.30. The lowest BCUT2D eigenvalue weighted by Gasteiger charge is -2.06. The van der Waals surface area contributed by atoms with Crippen molar-refractivity contribution >= 4 is 15.9 Å². The van der Waals surface area contributed by atoms with Gasteiger partial charge in [-0.2, -0.15) is 0 Å². The third kappa shape index (κ3) is 1.68. The van der Waals surface area contributed by atoms with E-state index in [1.165, 1.54) is 0 Å². The van der Waals surface area contributed by atoms with Crippen molar-refractivity contribution in [3.05, 3.63) is 10.3 Å². The zero-order valence-corrected chi connectivity index (χ0v) is 9.46. The van der Waals surface area contributed by atoms with Gasteiger partial charge in [-0.05, 0) is 29.8 Å². The van der Waals surface area contributed by atoms with Crippen LogP contribution in [0.4, 0.5) is 0 Å². The monoisotopic (exact) mass is 231 g/mol. The zero-order valence-electron chi connectivity index (χ0n) is 7.87. The molecule has 4 heteroatoms. The van der Waals surface area contributed by atoms with Crippen molar-refractivity contribution in [3.8, 4) is 0 Å². The van der Waals surface area contributed by atoms with Gasteiger partial charge in [0.25, 0.3) is 0 Å². The molecule has 3 nitrogen and oxygen atoms in total. The molecule has 0 saturated carbocycles. The third-order valence-electron chi connectivity index (χ3n) is 1.70. The largest absolute Gasteiger partial charge is 0.235 e. The van der Waals surface area contributed by atoms with Crippen LogP contribution >= 0.6 is 15.9 Å². The molecule has 0 fully saturated rings. The van der Waals surface area contributed by atoms with Crippen LogP contribution in [0.25, 0.3) is 0 Å². The predicted molar refractivity (Wildman–Crippen MR) is 52.2 cm³/mol. The number of aromatic nitrogens is 3. The van der Waals surface area contributed by atoms with Crippen molar-refractivity contribution in [3.63, 3.8) is 0 Å². The summed E-state index contributed by atoms with van der Waals surface area (Å²) in [6.07, 6.45) is 0. The van der Waals surface area contributed by atoms with Crippen LogP contribution in [0.2, 0.25) is 0 Å². The molecule has 0 aliphatic carbocycles. The molecule has 0 atom stereocenters. The summed E-state index contributed by atoms with van der Waals surface area (Å²) < 4.78 is 2.89. The van der Waals surface area contributed by atoms with Crippen LogP contribution in [-0.4, -0.2) is 15.0 Å². The van der Waals surface area contributed by atoms with Gasteiger partial charge in [-0.25, -0.2) is 4.68 Å². The Morgan fingerprint density at radius 3 is 2.08 bits per heavy atom. The SMILES string of the molecule is CC(C)c1nnn(C(C)C)c1Br. The molecule has 1 rings (SSSR count). The summed E-state index contributed by atoms with van der Waals surface area (Å²) in [4.78, 5) is 0. The van der Waals surface area contributed by atoms with Gasteiger partial charge in [0.15, 0.2) is 0 Å². The summed E-state index contributed by atoms with van der Waals surface area (Å²) in [5.74, 6) is 0.423. The molecule has 0 bridgehead atoms. The van der Waals surface area contributed by atoms with Crippen molar-refractivity contribution in [2.75, 3.05) is 0 Å². The lowest BCUT2D eigenvalue weighted by atomic mass is 10.2. The first kappa shape index (κ1) is 9.71. The molecular formula is C8H14BrN3. The van der Waals surface area contributed by atoms with E-state index in [0.717, 1.165) is 10.3 Å². The number of nitrogens with zero attached hydrogens (tertiary/aromatic N) is 3. The van der Waals surface area contributed by atoms with Gasteiger partial charge in [0.2, 0.25) is 0 Å². The molecule has 0 saturated heterocycles. The van der Waals surface area contributed by atoms with E-state index in [1.54, 1.807) is 0 Å². The van der Waals surface area contributed by atoms with Gasteiger partial charge in [0, 0.05) is 12.0 Å². The van der Waals surface area contributed by atoms with E-state index < -0.39 is 0 Å². The van der Waals surface area contributed by atoms with E-state index in [4.69, 9.17) is 0 Å². The van der Waals surface area contributed by atoms with E-state index >= 15 is 0 Å². The second kappa shape index (κ2) is 3.56. The molecule has 1 aromatic rings. The zero-order chi connectivity index (χ0) is 9.30. The maximum absolute atomic E-state index is 4.10. The Labute approximate surface area is 81.3 Å². The fourth-order valence-electron chi connectivity index (χ4n) is 0.978. The highest BCUT2D eigenvalue weighted by Crippen LogP contribution is 2.23. The number of hydrogen-bond acceptors (Lipinski definition) is 2. The van der Waals surface area contributed by atoms with Crippen LogP contribution in [0.3, 0.4) is 0 Å². The highest BCUT2D eigenvalue weighted by molar-refractivity contribution is 9.10. The normalized spacial score (nSPS) is 11.6. The molecule has 0 amide bonds.